The molecule has 3 aromatic rings. The van der Waals surface area contributed by atoms with E-state index >= 15 is 0 Å². The second-order valence-corrected chi connectivity index (χ2v) is 12.6. The summed E-state index contributed by atoms with van der Waals surface area (Å²) in [6.45, 7) is 14.4. The molecule has 228 valence electrons. The van der Waals surface area contributed by atoms with Crippen molar-refractivity contribution in [3.8, 4) is 11.3 Å². The minimum Gasteiger partial charge on any atom is -0.465 e. The highest BCUT2D eigenvalue weighted by Crippen LogP contribution is 2.35. The SMILES string of the molecule is C[C@@H](C(=O)NCCCN[C@@H](c1nc(-c2cc(F)ccc2F)cn1Cc1ccccc1)C(C)(C)C)N(C(=O)O)C(C)(C)C. The summed E-state index contributed by atoms with van der Waals surface area (Å²) in [6, 6.07) is 12.1. The molecule has 0 saturated heterocycles. The van der Waals surface area contributed by atoms with Crippen molar-refractivity contribution < 1.29 is 23.5 Å². The molecule has 0 aliphatic heterocycles. The lowest BCUT2D eigenvalue weighted by molar-refractivity contribution is -0.126. The van der Waals surface area contributed by atoms with Crippen LogP contribution in [0.4, 0.5) is 13.6 Å². The topological polar surface area (TPSA) is 99.5 Å². The summed E-state index contributed by atoms with van der Waals surface area (Å²) in [4.78, 5) is 30.4. The van der Waals surface area contributed by atoms with Crippen molar-refractivity contribution in [2.75, 3.05) is 13.1 Å². The van der Waals surface area contributed by atoms with E-state index in [0.717, 1.165) is 28.7 Å². The molecule has 0 aliphatic carbocycles. The van der Waals surface area contributed by atoms with Gasteiger partial charge in [0.25, 0.3) is 0 Å². The molecule has 0 radical (unpaired) electrons. The molecule has 0 bridgehead atoms. The smallest absolute Gasteiger partial charge is 0.408 e. The van der Waals surface area contributed by atoms with Crippen molar-refractivity contribution in [3.05, 3.63) is 77.8 Å². The van der Waals surface area contributed by atoms with Gasteiger partial charge < -0.3 is 20.3 Å². The number of rotatable bonds is 11. The van der Waals surface area contributed by atoms with E-state index in [1.165, 1.54) is 0 Å². The Morgan fingerprint density at radius 2 is 1.69 bits per heavy atom. The normalized spacial score (nSPS) is 13.5. The van der Waals surface area contributed by atoms with E-state index in [0.29, 0.717) is 37.6 Å². The number of carbonyl (C=O) groups excluding carboxylic acids is 1. The fraction of sp³-hybridized carbons (Fsp3) is 0.469. The number of amides is 2. The molecule has 0 spiro atoms. The number of imidazole rings is 1. The van der Waals surface area contributed by atoms with E-state index in [2.05, 4.69) is 31.4 Å². The second kappa shape index (κ2) is 13.5. The molecule has 8 nitrogen and oxygen atoms in total. The summed E-state index contributed by atoms with van der Waals surface area (Å²) < 4.78 is 30.7. The first-order valence-corrected chi connectivity index (χ1v) is 14.2. The maximum absolute atomic E-state index is 14.7. The number of hydrogen-bond acceptors (Lipinski definition) is 4. The van der Waals surface area contributed by atoms with E-state index in [1.807, 2.05) is 34.9 Å². The van der Waals surface area contributed by atoms with Crippen LogP contribution in [0.5, 0.6) is 0 Å². The van der Waals surface area contributed by atoms with Gasteiger partial charge in [0.15, 0.2) is 0 Å². The second-order valence-electron chi connectivity index (χ2n) is 12.6. The number of carbonyl (C=O) groups is 2. The monoisotopic (exact) mass is 583 g/mol. The summed E-state index contributed by atoms with van der Waals surface area (Å²) in [7, 11) is 0. The van der Waals surface area contributed by atoms with Gasteiger partial charge >= 0.3 is 6.09 Å². The third-order valence-corrected chi connectivity index (χ3v) is 7.03. The highest BCUT2D eigenvalue weighted by Gasteiger charge is 2.34. The van der Waals surface area contributed by atoms with Crippen molar-refractivity contribution >= 4 is 12.0 Å². The van der Waals surface area contributed by atoms with Crippen LogP contribution in [0.2, 0.25) is 0 Å². The molecule has 3 N–H and O–H groups in total. The molecule has 0 unspecified atom stereocenters. The molecule has 0 aliphatic rings. The molecule has 10 heteroatoms. The predicted molar refractivity (Wildman–Crippen MR) is 160 cm³/mol. The van der Waals surface area contributed by atoms with Crippen molar-refractivity contribution in [2.45, 2.75) is 79.1 Å². The Morgan fingerprint density at radius 3 is 2.29 bits per heavy atom. The fourth-order valence-corrected chi connectivity index (χ4v) is 5.02. The minimum absolute atomic E-state index is 0.0956. The van der Waals surface area contributed by atoms with Crippen LogP contribution in [0.3, 0.4) is 0 Å². The molecule has 2 aromatic carbocycles. The van der Waals surface area contributed by atoms with E-state index in [1.54, 1.807) is 33.9 Å². The molecule has 3 rings (SSSR count). The van der Waals surface area contributed by atoms with Gasteiger partial charge in [-0.2, -0.15) is 0 Å². The van der Waals surface area contributed by atoms with Crippen LogP contribution >= 0.6 is 0 Å². The molecule has 0 saturated carbocycles. The molecule has 42 heavy (non-hydrogen) atoms. The summed E-state index contributed by atoms with van der Waals surface area (Å²) in [6.07, 6.45) is 1.19. The zero-order valence-electron chi connectivity index (χ0n) is 25.5. The molecular formula is C32H43F2N5O3. The van der Waals surface area contributed by atoms with Crippen molar-refractivity contribution in [1.82, 2.24) is 25.1 Å². The Hall–Kier alpha value is -3.79. The summed E-state index contributed by atoms with van der Waals surface area (Å²) in [5, 5.41) is 16.0. The van der Waals surface area contributed by atoms with Gasteiger partial charge in [-0.1, -0.05) is 51.1 Å². The van der Waals surface area contributed by atoms with Crippen molar-refractivity contribution in [3.63, 3.8) is 0 Å². The van der Waals surface area contributed by atoms with Gasteiger partial charge in [-0.05, 0) is 69.8 Å². The first-order valence-electron chi connectivity index (χ1n) is 14.2. The van der Waals surface area contributed by atoms with Gasteiger partial charge in [0.1, 0.15) is 23.5 Å². The molecule has 2 amide bonds. The highest BCUT2D eigenvalue weighted by molar-refractivity contribution is 5.85. The number of nitrogens with one attached hydrogen (secondary N) is 2. The van der Waals surface area contributed by atoms with Gasteiger partial charge in [-0.25, -0.2) is 18.6 Å². The lowest BCUT2D eigenvalue weighted by atomic mass is 9.86. The predicted octanol–water partition coefficient (Wildman–Crippen LogP) is 6.23. The first-order chi connectivity index (χ1) is 19.6. The molecule has 1 aromatic heterocycles. The third-order valence-electron chi connectivity index (χ3n) is 7.03. The Bertz CT molecular complexity index is 1360. The third kappa shape index (κ3) is 8.38. The van der Waals surface area contributed by atoms with Crippen LogP contribution in [0.15, 0.2) is 54.7 Å². The number of hydrogen-bond donors (Lipinski definition) is 3. The lowest BCUT2D eigenvalue weighted by Gasteiger charge is -2.37. The minimum atomic E-state index is -1.15. The van der Waals surface area contributed by atoms with Crippen LogP contribution in [0.1, 0.15) is 72.3 Å². The average molecular weight is 584 g/mol. The number of nitrogens with zero attached hydrogens (tertiary/aromatic N) is 3. The Labute approximate surface area is 247 Å². The maximum Gasteiger partial charge on any atom is 0.408 e. The zero-order chi connectivity index (χ0) is 31.2. The number of carboxylic acid groups (broad SMARTS) is 1. The van der Waals surface area contributed by atoms with E-state index in [-0.39, 0.29) is 22.9 Å². The standard InChI is InChI=1S/C32H43F2N5O3/c1-21(39(30(41)42)32(5,6)7)29(40)36-17-11-16-35-27(31(2,3)4)28-37-26(24-18-23(33)14-15-25(24)34)20-38(28)19-22-12-9-8-10-13-22/h8-10,12-15,18,20-21,27,35H,11,16-17,19H2,1-7H3,(H,36,40)(H,41,42)/t21-,27-/m0/s1. The quantitative estimate of drug-likeness (QED) is 0.233. The largest absolute Gasteiger partial charge is 0.465 e. The Morgan fingerprint density at radius 1 is 1.02 bits per heavy atom. The van der Waals surface area contributed by atoms with E-state index in [9.17, 15) is 23.5 Å². The maximum atomic E-state index is 14.7. The number of aromatic nitrogens is 2. The van der Waals surface area contributed by atoms with E-state index in [4.69, 9.17) is 4.98 Å². The average Bonchev–Trinajstić information content (AvgIpc) is 3.28. The Balaban J connectivity index is 1.78. The fourth-order valence-electron chi connectivity index (χ4n) is 5.02. The van der Waals surface area contributed by atoms with Crippen LogP contribution in [-0.4, -0.2) is 56.2 Å². The molecule has 2 atom stereocenters. The van der Waals surface area contributed by atoms with Crippen molar-refractivity contribution in [1.29, 1.82) is 0 Å². The van der Waals surface area contributed by atoms with Gasteiger partial charge in [0.05, 0.1) is 11.7 Å². The molecule has 1 heterocycles. The summed E-state index contributed by atoms with van der Waals surface area (Å²) in [5.74, 6) is -0.767. The van der Waals surface area contributed by atoms with Crippen LogP contribution < -0.4 is 10.6 Å². The zero-order valence-corrected chi connectivity index (χ0v) is 25.5. The van der Waals surface area contributed by atoms with Gasteiger partial charge in [-0.3, -0.25) is 9.69 Å². The number of halogens is 2. The molecule has 0 fully saturated rings. The van der Waals surface area contributed by atoms with E-state index < -0.39 is 29.3 Å². The number of benzene rings is 2. The molecular weight excluding hydrogens is 540 g/mol. The van der Waals surface area contributed by atoms with Gasteiger partial charge in [-0.15, -0.1) is 0 Å². The van der Waals surface area contributed by atoms with Gasteiger partial charge in [0, 0.05) is 30.4 Å². The lowest BCUT2D eigenvalue weighted by Crippen LogP contribution is -2.55. The first kappa shape index (κ1) is 32.7. The van der Waals surface area contributed by atoms with Crippen molar-refractivity contribution in [2.24, 2.45) is 5.41 Å². The summed E-state index contributed by atoms with van der Waals surface area (Å²) in [5.41, 5.74) is 0.455. The van der Waals surface area contributed by atoms with Crippen LogP contribution in [-0.2, 0) is 11.3 Å². The summed E-state index contributed by atoms with van der Waals surface area (Å²) >= 11 is 0. The van der Waals surface area contributed by atoms with Crippen LogP contribution in [0, 0.1) is 17.0 Å². The Kier molecular flexibility index (Phi) is 10.5. The van der Waals surface area contributed by atoms with Crippen LogP contribution in [0.25, 0.3) is 11.3 Å². The highest BCUT2D eigenvalue weighted by atomic mass is 19.1. The van der Waals surface area contributed by atoms with Gasteiger partial charge in [0.2, 0.25) is 5.91 Å².